The van der Waals surface area contributed by atoms with E-state index < -0.39 is 19.9 Å². The Morgan fingerprint density at radius 3 is 2.59 bits per heavy atom. The van der Waals surface area contributed by atoms with Crippen LogP contribution < -0.4 is 5.73 Å². The van der Waals surface area contributed by atoms with Gasteiger partial charge in [-0.05, 0) is 43.9 Å². The lowest BCUT2D eigenvalue weighted by Gasteiger charge is -2.31. The summed E-state index contributed by atoms with van der Waals surface area (Å²) in [6.07, 6.45) is 4.73. The second kappa shape index (κ2) is 6.61. The summed E-state index contributed by atoms with van der Waals surface area (Å²) in [5, 5.41) is -0.133. The molecule has 7 nitrogen and oxygen atoms in total. The third-order valence-corrected chi connectivity index (χ3v) is 6.63. The SMILES string of the molecule is CS(=O)(=O)c1ccc(S(=O)(=O)N2CCCC(CCN)C2)cn1. The lowest BCUT2D eigenvalue weighted by Crippen LogP contribution is -2.40. The number of nitrogens with two attached hydrogens (primary N) is 1. The number of aromatic nitrogens is 1. The summed E-state index contributed by atoms with van der Waals surface area (Å²) in [6.45, 7) is 1.47. The van der Waals surface area contributed by atoms with Gasteiger partial charge in [0.15, 0.2) is 14.9 Å². The Hall–Kier alpha value is -1.03. The summed E-state index contributed by atoms with van der Waals surface area (Å²) in [4.78, 5) is 3.77. The Bertz CT molecular complexity index is 712. The van der Waals surface area contributed by atoms with Crippen LogP contribution in [0.15, 0.2) is 28.3 Å². The number of hydrogen-bond donors (Lipinski definition) is 1. The lowest BCUT2D eigenvalue weighted by atomic mass is 9.96. The molecule has 0 aromatic carbocycles. The Morgan fingerprint density at radius 2 is 2.05 bits per heavy atom. The average Bonchev–Trinajstić information content (AvgIpc) is 2.47. The molecule has 1 atom stereocenters. The normalized spacial score (nSPS) is 20.9. The van der Waals surface area contributed by atoms with Gasteiger partial charge in [0.1, 0.15) is 4.90 Å². The van der Waals surface area contributed by atoms with Crippen molar-refractivity contribution >= 4 is 19.9 Å². The molecule has 1 aromatic rings. The van der Waals surface area contributed by atoms with Gasteiger partial charge in [-0.2, -0.15) is 4.31 Å². The van der Waals surface area contributed by atoms with Crippen molar-refractivity contribution in [2.75, 3.05) is 25.9 Å². The quantitative estimate of drug-likeness (QED) is 0.816. The van der Waals surface area contributed by atoms with E-state index in [2.05, 4.69) is 4.98 Å². The van der Waals surface area contributed by atoms with Gasteiger partial charge in [-0.25, -0.2) is 21.8 Å². The second-order valence-corrected chi connectivity index (χ2v) is 9.45. The minimum absolute atomic E-state index is 0.0216. The average molecular weight is 347 g/mol. The van der Waals surface area contributed by atoms with Crippen molar-refractivity contribution in [1.29, 1.82) is 0 Å². The minimum atomic E-state index is -3.64. The van der Waals surface area contributed by atoms with Crippen molar-refractivity contribution in [2.24, 2.45) is 11.7 Å². The molecule has 9 heteroatoms. The fourth-order valence-electron chi connectivity index (χ4n) is 2.60. The Kier molecular flexibility index (Phi) is 5.21. The Balaban J connectivity index is 2.23. The van der Waals surface area contributed by atoms with Gasteiger partial charge in [-0.15, -0.1) is 0 Å². The van der Waals surface area contributed by atoms with Crippen molar-refractivity contribution in [2.45, 2.75) is 29.2 Å². The van der Waals surface area contributed by atoms with Gasteiger partial charge in [-0.1, -0.05) is 0 Å². The Labute approximate surface area is 131 Å². The van der Waals surface area contributed by atoms with Gasteiger partial charge in [0.05, 0.1) is 0 Å². The van der Waals surface area contributed by atoms with E-state index >= 15 is 0 Å². The minimum Gasteiger partial charge on any atom is -0.330 e. The highest BCUT2D eigenvalue weighted by Crippen LogP contribution is 2.25. The van der Waals surface area contributed by atoms with Gasteiger partial charge >= 0.3 is 0 Å². The highest BCUT2D eigenvalue weighted by atomic mass is 32.2. The molecule has 2 N–H and O–H groups in total. The summed E-state index contributed by atoms with van der Waals surface area (Å²) in [5.41, 5.74) is 5.55. The molecule has 1 unspecified atom stereocenters. The third kappa shape index (κ3) is 3.83. The predicted octanol–water partition coefficient (Wildman–Crippen LogP) is 0.235. The van der Waals surface area contributed by atoms with Crippen molar-refractivity contribution < 1.29 is 16.8 Å². The molecule has 0 aliphatic carbocycles. The van der Waals surface area contributed by atoms with Crippen molar-refractivity contribution in [3.8, 4) is 0 Å². The van der Waals surface area contributed by atoms with E-state index in [1.54, 1.807) is 0 Å². The maximum absolute atomic E-state index is 12.6. The van der Waals surface area contributed by atoms with E-state index in [4.69, 9.17) is 5.73 Å². The van der Waals surface area contributed by atoms with Crippen molar-refractivity contribution in [1.82, 2.24) is 9.29 Å². The zero-order chi connectivity index (χ0) is 16.4. The van der Waals surface area contributed by atoms with Crippen LogP contribution in [0.1, 0.15) is 19.3 Å². The van der Waals surface area contributed by atoms with Crippen LogP contribution >= 0.6 is 0 Å². The monoisotopic (exact) mass is 347 g/mol. The second-order valence-electron chi connectivity index (χ2n) is 5.55. The van der Waals surface area contributed by atoms with Gasteiger partial charge in [0.25, 0.3) is 0 Å². The standard InChI is InChI=1S/C13H21N3O4S2/c1-21(17,18)13-5-4-12(9-15-13)22(19,20)16-8-2-3-11(10-16)6-7-14/h4-5,9,11H,2-3,6-8,10,14H2,1H3. The molecule has 124 valence electrons. The first-order valence-electron chi connectivity index (χ1n) is 7.11. The topological polar surface area (TPSA) is 110 Å². The molecule has 1 aromatic heterocycles. The van der Waals surface area contributed by atoms with Crippen LogP contribution in [0, 0.1) is 5.92 Å². The number of hydrogen-bond acceptors (Lipinski definition) is 6. The summed E-state index contributed by atoms with van der Waals surface area (Å²) in [6, 6.07) is 2.52. The fraction of sp³-hybridized carbons (Fsp3) is 0.615. The fourth-order valence-corrected chi connectivity index (χ4v) is 4.66. The van der Waals surface area contributed by atoms with E-state index in [1.165, 1.54) is 16.4 Å². The third-order valence-electron chi connectivity index (χ3n) is 3.78. The molecule has 0 saturated carbocycles. The van der Waals surface area contributed by atoms with E-state index in [0.717, 1.165) is 31.7 Å². The molecule has 0 bridgehead atoms. The van der Waals surface area contributed by atoms with Crippen LogP contribution in [0.25, 0.3) is 0 Å². The molecule has 1 fully saturated rings. The summed E-state index contributed by atoms with van der Waals surface area (Å²) in [5.74, 6) is 0.275. The number of piperidine rings is 1. The van der Waals surface area contributed by atoms with E-state index in [9.17, 15) is 16.8 Å². The van der Waals surface area contributed by atoms with E-state index in [0.29, 0.717) is 19.6 Å². The predicted molar refractivity (Wildman–Crippen MR) is 82.5 cm³/mol. The van der Waals surface area contributed by atoms with Crippen LogP contribution in [0.4, 0.5) is 0 Å². The van der Waals surface area contributed by atoms with Crippen LogP contribution in [0.5, 0.6) is 0 Å². The molecule has 22 heavy (non-hydrogen) atoms. The maximum Gasteiger partial charge on any atom is 0.244 e. The summed E-state index contributed by atoms with van der Waals surface area (Å²) in [7, 11) is -7.08. The summed E-state index contributed by atoms with van der Waals surface area (Å²) >= 11 is 0. The van der Waals surface area contributed by atoms with Crippen LogP contribution in [-0.4, -0.2) is 52.0 Å². The van der Waals surface area contributed by atoms with Gasteiger partial charge < -0.3 is 5.73 Å². The molecular weight excluding hydrogens is 326 g/mol. The first-order chi connectivity index (χ1) is 10.2. The molecule has 0 spiro atoms. The molecule has 1 saturated heterocycles. The first-order valence-corrected chi connectivity index (χ1v) is 10.4. The van der Waals surface area contributed by atoms with Gasteiger partial charge in [-0.3, -0.25) is 0 Å². The highest BCUT2D eigenvalue weighted by Gasteiger charge is 2.30. The lowest BCUT2D eigenvalue weighted by molar-refractivity contribution is 0.258. The van der Waals surface area contributed by atoms with Crippen LogP contribution in [-0.2, 0) is 19.9 Å². The van der Waals surface area contributed by atoms with Crippen LogP contribution in [0.3, 0.4) is 0 Å². The number of sulfone groups is 1. The number of rotatable bonds is 5. The van der Waals surface area contributed by atoms with Crippen molar-refractivity contribution in [3.05, 3.63) is 18.3 Å². The molecule has 1 aliphatic heterocycles. The first kappa shape index (κ1) is 17.3. The number of sulfonamides is 1. The van der Waals surface area contributed by atoms with Crippen molar-refractivity contribution in [3.63, 3.8) is 0 Å². The summed E-state index contributed by atoms with van der Waals surface area (Å²) < 4.78 is 49.4. The zero-order valence-electron chi connectivity index (χ0n) is 12.5. The van der Waals surface area contributed by atoms with Crippen LogP contribution in [0.2, 0.25) is 0 Å². The smallest absolute Gasteiger partial charge is 0.244 e. The number of nitrogens with zero attached hydrogens (tertiary/aromatic N) is 2. The number of pyridine rings is 1. The molecule has 2 heterocycles. The molecule has 0 amide bonds. The van der Waals surface area contributed by atoms with E-state index in [-0.39, 0.29) is 15.8 Å². The Morgan fingerprint density at radius 1 is 1.32 bits per heavy atom. The van der Waals surface area contributed by atoms with Gasteiger partial charge in [0, 0.05) is 25.5 Å². The highest BCUT2D eigenvalue weighted by molar-refractivity contribution is 7.90. The largest absolute Gasteiger partial charge is 0.330 e. The van der Waals surface area contributed by atoms with E-state index in [1.807, 2.05) is 0 Å². The van der Waals surface area contributed by atoms with Gasteiger partial charge in [0.2, 0.25) is 10.0 Å². The molecular formula is C13H21N3O4S2. The molecule has 1 aliphatic rings. The molecule has 0 radical (unpaired) electrons. The molecule has 2 rings (SSSR count). The zero-order valence-corrected chi connectivity index (χ0v) is 14.1. The maximum atomic E-state index is 12.6.